The van der Waals surface area contributed by atoms with E-state index in [0.29, 0.717) is 41.1 Å². The highest BCUT2D eigenvalue weighted by Crippen LogP contribution is 2.36. The molecule has 33 heavy (non-hydrogen) atoms. The summed E-state index contributed by atoms with van der Waals surface area (Å²) in [7, 11) is 1.60. The van der Waals surface area contributed by atoms with Crippen molar-refractivity contribution in [3.8, 4) is 11.4 Å². The van der Waals surface area contributed by atoms with Crippen molar-refractivity contribution in [1.82, 2.24) is 14.5 Å². The molecule has 1 atom stereocenters. The zero-order valence-corrected chi connectivity index (χ0v) is 19.8. The van der Waals surface area contributed by atoms with Gasteiger partial charge in [0, 0.05) is 12.5 Å². The van der Waals surface area contributed by atoms with Crippen molar-refractivity contribution in [2.45, 2.75) is 58.4 Å². The molecule has 0 N–H and O–H groups in total. The third-order valence-corrected chi connectivity index (χ3v) is 6.40. The fraction of sp³-hybridized carbons (Fsp3) is 0.444. The van der Waals surface area contributed by atoms with Gasteiger partial charge < -0.3 is 9.64 Å². The van der Waals surface area contributed by atoms with Crippen LogP contribution in [0, 0.1) is 5.92 Å². The highest BCUT2D eigenvalue weighted by Gasteiger charge is 2.37. The van der Waals surface area contributed by atoms with E-state index in [1.165, 1.54) is 0 Å². The maximum Gasteiger partial charge on any atom is 0.266 e. The van der Waals surface area contributed by atoms with Crippen molar-refractivity contribution >= 4 is 16.8 Å². The Morgan fingerprint density at radius 2 is 1.85 bits per heavy atom. The number of ether oxygens (including phenoxy) is 1. The minimum absolute atomic E-state index is 0.104. The van der Waals surface area contributed by atoms with Crippen LogP contribution in [0.25, 0.3) is 16.6 Å². The summed E-state index contributed by atoms with van der Waals surface area (Å²) in [5, 5.41) is 0.549. The Morgan fingerprint density at radius 3 is 2.55 bits per heavy atom. The second-order valence-corrected chi connectivity index (χ2v) is 8.74. The number of rotatable bonds is 10. The van der Waals surface area contributed by atoms with Crippen LogP contribution in [-0.4, -0.2) is 34.0 Å². The molecule has 3 aromatic rings. The number of amides is 1. The van der Waals surface area contributed by atoms with Gasteiger partial charge in [-0.15, -0.1) is 0 Å². The summed E-state index contributed by atoms with van der Waals surface area (Å²) >= 11 is 0. The summed E-state index contributed by atoms with van der Waals surface area (Å²) in [6.07, 6.45) is 5.66. The second kappa shape index (κ2) is 10.2. The highest BCUT2D eigenvalue weighted by atomic mass is 16.5. The van der Waals surface area contributed by atoms with Gasteiger partial charge >= 0.3 is 0 Å². The summed E-state index contributed by atoms with van der Waals surface area (Å²) in [6, 6.07) is 14.6. The molecule has 0 saturated heterocycles. The lowest BCUT2D eigenvalue weighted by atomic mass is 10.1. The summed E-state index contributed by atoms with van der Waals surface area (Å²) in [4.78, 5) is 34.1. The molecule has 1 heterocycles. The molecular weight excluding hydrogens is 414 g/mol. The molecule has 1 aliphatic rings. The molecule has 1 amide bonds. The molecule has 1 saturated carbocycles. The van der Waals surface area contributed by atoms with Crippen molar-refractivity contribution in [1.29, 1.82) is 0 Å². The lowest BCUT2D eigenvalue weighted by Gasteiger charge is -2.33. The number of hydrogen-bond donors (Lipinski definition) is 0. The standard InChI is InChI=1S/C27H33N3O3/c1-4-6-11-18-29(26(31)19-16-17-19)22(5-2)25-28-21-13-8-7-12-20(21)27(32)30(25)23-14-9-10-15-24(23)33-3/h7-10,12-15,19,22H,4-6,11,16-18H2,1-3H3. The number of methoxy groups -OCH3 is 1. The number of aromatic nitrogens is 2. The average molecular weight is 448 g/mol. The zero-order valence-electron chi connectivity index (χ0n) is 19.8. The van der Waals surface area contributed by atoms with Crippen LogP contribution in [0.1, 0.15) is 64.2 Å². The fourth-order valence-electron chi connectivity index (χ4n) is 4.48. The maximum absolute atomic E-state index is 13.8. The largest absolute Gasteiger partial charge is 0.495 e. The number of para-hydroxylation sites is 3. The van der Waals surface area contributed by atoms with E-state index in [1.54, 1.807) is 17.7 Å². The van der Waals surface area contributed by atoms with Gasteiger partial charge in [-0.1, -0.05) is 51.0 Å². The lowest BCUT2D eigenvalue weighted by Crippen LogP contribution is -2.40. The Morgan fingerprint density at radius 1 is 1.12 bits per heavy atom. The van der Waals surface area contributed by atoms with Gasteiger partial charge in [-0.25, -0.2) is 4.98 Å². The van der Waals surface area contributed by atoms with E-state index in [4.69, 9.17) is 9.72 Å². The van der Waals surface area contributed by atoms with Gasteiger partial charge in [0.05, 0.1) is 29.7 Å². The monoisotopic (exact) mass is 447 g/mol. The second-order valence-electron chi connectivity index (χ2n) is 8.74. The molecule has 1 aromatic heterocycles. The van der Waals surface area contributed by atoms with Gasteiger partial charge in [0.1, 0.15) is 11.6 Å². The SMILES string of the molecule is CCCCCN(C(=O)C1CC1)C(CC)c1nc2ccccc2c(=O)n1-c1ccccc1OC. The average Bonchev–Trinajstić information content (AvgIpc) is 3.69. The fourth-order valence-corrected chi connectivity index (χ4v) is 4.48. The summed E-state index contributed by atoms with van der Waals surface area (Å²) < 4.78 is 7.26. The van der Waals surface area contributed by atoms with E-state index in [-0.39, 0.29) is 23.4 Å². The number of benzene rings is 2. The first-order valence-corrected chi connectivity index (χ1v) is 12.1. The molecule has 0 radical (unpaired) electrons. The topological polar surface area (TPSA) is 64.4 Å². The van der Waals surface area contributed by atoms with Crippen molar-refractivity contribution in [2.24, 2.45) is 5.92 Å². The zero-order chi connectivity index (χ0) is 23.4. The van der Waals surface area contributed by atoms with E-state index >= 15 is 0 Å². The Bertz CT molecular complexity index is 1180. The summed E-state index contributed by atoms with van der Waals surface area (Å²) in [5.74, 6) is 1.48. The molecule has 1 unspecified atom stereocenters. The first kappa shape index (κ1) is 23.0. The smallest absolute Gasteiger partial charge is 0.266 e. The van der Waals surface area contributed by atoms with Crippen LogP contribution in [0.4, 0.5) is 0 Å². The van der Waals surface area contributed by atoms with E-state index in [9.17, 15) is 9.59 Å². The van der Waals surface area contributed by atoms with Crippen LogP contribution in [0.15, 0.2) is 53.3 Å². The normalized spacial score (nSPS) is 14.3. The summed E-state index contributed by atoms with van der Waals surface area (Å²) in [5.41, 5.74) is 1.14. The van der Waals surface area contributed by atoms with E-state index in [0.717, 1.165) is 32.1 Å². The van der Waals surface area contributed by atoms with Crippen molar-refractivity contribution in [3.63, 3.8) is 0 Å². The molecule has 6 nitrogen and oxygen atoms in total. The van der Waals surface area contributed by atoms with Crippen LogP contribution < -0.4 is 10.3 Å². The van der Waals surface area contributed by atoms with Crippen molar-refractivity contribution in [2.75, 3.05) is 13.7 Å². The lowest BCUT2D eigenvalue weighted by molar-refractivity contribution is -0.135. The van der Waals surface area contributed by atoms with Gasteiger partial charge in [0.2, 0.25) is 5.91 Å². The molecule has 2 aromatic carbocycles. The van der Waals surface area contributed by atoms with E-state index in [2.05, 4.69) is 13.8 Å². The van der Waals surface area contributed by atoms with Crippen LogP contribution in [0.3, 0.4) is 0 Å². The van der Waals surface area contributed by atoms with Gasteiger partial charge in [0.25, 0.3) is 5.56 Å². The van der Waals surface area contributed by atoms with Crippen LogP contribution in [0.5, 0.6) is 5.75 Å². The third kappa shape index (κ3) is 4.65. The molecule has 0 bridgehead atoms. The number of hydrogen-bond acceptors (Lipinski definition) is 4. The third-order valence-electron chi connectivity index (χ3n) is 6.40. The van der Waals surface area contributed by atoms with Gasteiger partial charge in [0.15, 0.2) is 0 Å². The van der Waals surface area contributed by atoms with Crippen molar-refractivity contribution in [3.05, 3.63) is 64.7 Å². The number of unbranched alkanes of at least 4 members (excludes halogenated alkanes) is 2. The van der Waals surface area contributed by atoms with Gasteiger partial charge in [-0.3, -0.25) is 14.2 Å². The molecule has 6 heteroatoms. The Kier molecular flexibility index (Phi) is 7.11. The van der Waals surface area contributed by atoms with Crippen LogP contribution in [0.2, 0.25) is 0 Å². The molecule has 0 spiro atoms. The highest BCUT2D eigenvalue weighted by molar-refractivity contribution is 5.82. The van der Waals surface area contributed by atoms with Crippen LogP contribution >= 0.6 is 0 Å². The predicted octanol–water partition coefficient (Wildman–Crippen LogP) is 5.27. The number of fused-ring (bicyclic) bond motifs is 1. The Hall–Kier alpha value is -3.15. The maximum atomic E-state index is 13.8. The van der Waals surface area contributed by atoms with Gasteiger partial charge in [-0.2, -0.15) is 0 Å². The molecular formula is C27H33N3O3. The Balaban J connectivity index is 1.93. The quantitative estimate of drug-likeness (QED) is 0.397. The van der Waals surface area contributed by atoms with E-state index < -0.39 is 0 Å². The molecule has 174 valence electrons. The Labute approximate surface area is 195 Å². The van der Waals surface area contributed by atoms with Crippen LogP contribution in [-0.2, 0) is 4.79 Å². The predicted molar refractivity (Wildman–Crippen MR) is 131 cm³/mol. The van der Waals surface area contributed by atoms with Crippen molar-refractivity contribution < 1.29 is 9.53 Å². The number of nitrogens with zero attached hydrogens (tertiary/aromatic N) is 3. The molecule has 0 aliphatic heterocycles. The minimum atomic E-state index is -0.294. The summed E-state index contributed by atoms with van der Waals surface area (Å²) in [6.45, 7) is 4.90. The molecule has 1 aliphatic carbocycles. The first-order valence-electron chi connectivity index (χ1n) is 12.1. The van der Waals surface area contributed by atoms with Gasteiger partial charge in [-0.05, 0) is 49.9 Å². The number of carbonyl (C=O) groups is 1. The first-order chi connectivity index (χ1) is 16.1. The number of carbonyl (C=O) groups excluding carboxylic acids is 1. The minimum Gasteiger partial charge on any atom is -0.495 e. The van der Waals surface area contributed by atoms with E-state index in [1.807, 2.05) is 47.4 Å². The molecule has 4 rings (SSSR count). The molecule has 1 fully saturated rings.